The molecule has 0 heterocycles. The number of amides is 3. The fourth-order valence-electron chi connectivity index (χ4n) is 4.75. The zero-order valence-electron chi connectivity index (χ0n) is 21.5. The average Bonchev–Trinajstić information content (AvgIpc) is 3.46. The Labute approximate surface area is 204 Å². The van der Waals surface area contributed by atoms with Gasteiger partial charge in [-0.1, -0.05) is 56.0 Å². The molecule has 0 aromatic heterocycles. The van der Waals surface area contributed by atoms with Crippen LogP contribution in [-0.2, 0) is 14.3 Å². The molecule has 2 saturated carbocycles. The molecular formula is C27H41N3O4. The number of rotatable bonds is 7. The number of aryl methyl sites for hydroxylation is 1. The molecule has 0 radical (unpaired) electrons. The zero-order chi connectivity index (χ0) is 25.0. The molecule has 1 aromatic rings. The fraction of sp³-hybridized carbons (Fsp3) is 0.667. The Balaban J connectivity index is 1.88. The highest BCUT2D eigenvalue weighted by molar-refractivity contribution is 5.92. The Hall–Kier alpha value is -2.57. The van der Waals surface area contributed by atoms with Crippen LogP contribution < -0.4 is 10.6 Å². The van der Waals surface area contributed by atoms with E-state index in [0.717, 1.165) is 43.2 Å². The van der Waals surface area contributed by atoms with Gasteiger partial charge in [-0.05, 0) is 65.4 Å². The van der Waals surface area contributed by atoms with Gasteiger partial charge in [0.15, 0.2) is 0 Å². The second-order valence-electron chi connectivity index (χ2n) is 11.1. The molecular weight excluding hydrogens is 430 g/mol. The Morgan fingerprint density at radius 1 is 1.12 bits per heavy atom. The van der Waals surface area contributed by atoms with Crippen LogP contribution in [0.15, 0.2) is 24.3 Å². The summed E-state index contributed by atoms with van der Waals surface area (Å²) in [5.41, 5.74) is 1.16. The van der Waals surface area contributed by atoms with Gasteiger partial charge in [0.05, 0.1) is 0 Å². The lowest BCUT2D eigenvalue weighted by Crippen LogP contribution is -2.54. The van der Waals surface area contributed by atoms with E-state index < -0.39 is 23.8 Å². The molecule has 7 nitrogen and oxygen atoms in total. The van der Waals surface area contributed by atoms with Gasteiger partial charge in [0, 0.05) is 12.1 Å². The minimum Gasteiger partial charge on any atom is -0.444 e. The smallest absolute Gasteiger partial charge is 0.408 e. The Morgan fingerprint density at radius 3 is 2.32 bits per heavy atom. The Bertz CT molecular complexity index is 888. The van der Waals surface area contributed by atoms with Crippen molar-refractivity contribution < 1.29 is 19.1 Å². The van der Waals surface area contributed by atoms with Crippen molar-refractivity contribution in [1.29, 1.82) is 0 Å². The van der Waals surface area contributed by atoms with Gasteiger partial charge in [0.2, 0.25) is 11.8 Å². The summed E-state index contributed by atoms with van der Waals surface area (Å²) in [6, 6.07) is 6.33. The van der Waals surface area contributed by atoms with Crippen LogP contribution in [-0.4, -0.2) is 46.5 Å². The van der Waals surface area contributed by atoms with Crippen molar-refractivity contribution in [3.8, 4) is 0 Å². The standard InChI is InChI=1S/C27H41N3O4/c1-17-11-10-12-20(15-17)23(24(31)29-21-13-8-7-9-14-21)30(22-16-18(22)2)25(32)19(3)28-26(33)34-27(4,5)6/h10-12,15,18-19,21-23H,7-9,13-14,16H2,1-6H3,(H,28,33)(H,29,31). The number of ether oxygens (including phenoxy) is 1. The van der Waals surface area contributed by atoms with Crippen molar-refractivity contribution in [3.63, 3.8) is 0 Å². The van der Waals surface area contributed by atoms with E-state index in [2.05, 4.69) is 17.6 Å². The van der Waals surface area contributed by atoms with Gasteiger partial charge in [-0.15, -0.1) is 0 Å². The molecule has 2 aliphatic carbocycles. The maximum Gasteiger partial charge on any atom is 0.408 e. The van der Waals surface area contributed by atoms with E-state index in [9.17, 15) is 14.4 Å². The van der Waals surface area contributed by atoms with E-state index in [1.807, 2.05) is 31.2 Å². The van der Waals surface area contributed by atoms with Crippen LogP contribution in [0.25, 0.3) is 0 Å². The van der Waals surface area contributed by atoms with Crippen LogP contribution in [0.4, 0.5) is 4.79 Å². The number of nitrogens with zero attached hydrogens (tertiary/aromatic N) is 1. The van der Waals surface area contributed by atoms with E-state index in [-0.39, 0.29) is 23.9 Å². The topological polar surface area (TPSA) is 87.7 Å². The van der Waals surface area contributed by atoms with Gasteiger partial charge in [-0.3, -0.25) is 9.59 Å². The monoisotopic (exact) mass is 471 g/mol. The van der Waals surface area contributed by atoms with Crippen LogP contribution >= 0.6 is 0 Å². The highest BCUT2D eigenvalue weighted by Gasteiger charge is 2.47. The SMILES string of the molecule is Cc1cccc(C(C(=O)NC2CCCCC2)N(C(=O)C(C)NC(=O)OC(C)(C)C)C2CC2C)c1. The molecule has 1 aromatic carbocycles. The van der Waals surface area contributed by atoms with E-state index in [0.29, 0.717) is 5.92 Å². The van der Waals surface area contributed by atoms with E-state index in [4.69, 9.17) is 4.74 Å². The first kappa shape index (κ1) is 26.0. The summed E-state index contributed by atoms with van der Waals surface area (Å²) in [5.74, 6) is -0.118. The second kappa shape index (κ2) is 10.8. The summed E-state index contributed by atoms with van der Waals surface area (Å²) in [6.07, 6.45) is 5.55. The summed E-state index contributed by atoms with van der Waals surface area (Å²) in [7, 11) is 0. The third-order valence-electron chi connectivity index (χ3n) is 6.62. The molecule has 0 spiro atoms. The number of carbonyl (C=O) groups is 3. The second-order valence-corrected chi connectivity index (χ2v) is 11.1. The van der Waals surface area contributed by atoms with Crippen LogP contribution in [0.5, 0.6) is 0 Å². The van der Waals surface area contributed by atoms with Crippen molar-refractivity contribution in [2.24, 2.45) is 5.92 Å². The lowest BCUT2D eigenvalue weighted by molar-refractivity contribution is -0.143. The first-order valence-corrected chi connectivity index (χ1v) is 12.6. The molecule has 2 N–H and O–H groups in total. The molecule has 2 fully saturated rings. The summed E-state index contributed by atoms with van der Waals surface area (Å²) in [6.45, 7) is 11.1. The maximum absolute atomic E-state index is 13.7. The summed E-state index contributed by atoms with van der Waals surface area (Å²) < 4.78 is 5.34. The number of carbonyl (C=O) groups excluding carboxylic acids is 3. The quantitative estimate of drug-likeness (QED) is 0.607. The van der Waals surface area contributed by atoms with Gasteiger partial charge >= 0.3 is 6.09 Å². The summed E-state index contributed by atoms with van der Waals surface area (Å²) in [5, 5.41) is 5.90. The van der Waals surface area contributed by atoms with E-state index in [1.54, 1.807) is 32.6 Å². The van der Waals surface area contributed by atoms with Crippen molar-refractivity contribution in [2.45, 2.75) is 110 Å². The number of hydrogen-bond acceptors (Lipinski definition) is 4. The minimum atomic E-state index is -0.822. The molecule has 34 heavy (non-hydrogen) atoms. The number of nitrogens with one attached hydrogen (secondary N) is 2. The largest absolute Gasteiger partial charge is 0.444 e. The third kappa shape index (κ3) is 6.97. The average molecular weight is 472 g/mol. The molecule has 0 saturated heterocycles. The summed E-state index contributed by atoms with van der Waals surface area (Å²) >= 11 is 0. The molecule has 4 unspecified atom stereocenters. The van der Waals surface area contributed by atoms with Crippen molar-refractivity contribution >= 4 is 17.9 Å². The molecule has 3 amide bonds. The predicted octanol–water partition coefficient (Wildman–Crippen LogP) is 4.64. The maximum atomic E-state index is 13.7. The van der Waals surface area contributed by atoms with Gasteiger partial charge in [-0.25, -0.2) is 4.79 Å². The van der Waals surface area contributed by atoms with Crippen LogP contribution in [0, 0.1) is 12.8 Å². The molecule has 4 atom stereocenters. The van der Waals surface area contributed by atoms with E-state index >= 15 is 0 Å². The van der Waals surface area contributed by atoms with Crippen LogP contribution in [0.1, 0.15) is 90.3 Å². The van der Waals surface area contributed by atoms with E-state index in [1.165, 1.54) is 6.42 Å². The fourth-order valence-corrected chi connectivity index (χ4v) is 4.75. The first-order valence-electron chi connectivity index (χ1n) is 12.6. The Kier molecular flexibility index (Phi) is 8.26. The lowest BCUT2D eigenvalue weighted by Gasteiger charge is -2.35. The predicted molar refractivity (Wildman–Crippen MR) is 132 cm³/mol. The van der Waals surface area contributed by atoms with Crippen molar-refractivity contribution in [2.75, 3.05) is 0 Å². The van der Waals surface area contributed by atoms with Gasteiger partial charge in [0.25, 0.3) is 0 Å². The van der Waals surface area contributed by atoms with Crippen molar-refractivity contribution in [3.05, 3.63) is 35.4 Å². The van der Waals surface area contributed by atoms with Gasteiger partial charge in [0.1, 0.15) is 17.7 Å². The van der Waals surface area contributed by atoms with Gasteiger partial charge < -0.3 is 20.3 Å². The number of benzene rings is 1. The normalized spacial score (nSPS) is 22.3. The molecule has 2 aliphatic rings. The molecule has 3 rings (SSSR count). The lowest BCUT2D eigenvalue weighted by atomic mass is 9.94. The molecule has 7 heteroatoms. The third-order valence-corrected chi connectivity index (χ3v) is 6.62. The highest BCUT2D eigenvalue weighted by atomic mass is 16.6. The molecule has 0 aliphatic heterocycles. The number of hydrogen-bond donors (Lipinski definition) is 2. The van der Waals surface area contributed by atoms with Crippen molar-refractivity contribution in [1.82, 2.24) is 15.5 Å². The number of alkyl carbamates (subject to hydrolysis) is 1. The molecule has 0 bridgehead atoms. The minimum absolute atomic E-state index is 0.0435. The molecule has 188 valence electrons. The van der Waals surface area contributed by atoms with Crippen LogP contribution in [0.3, 0.4) is 0 Å². The zero-order valence-corrected chi connectivity index (χ0v) is 21.5. The van der Waals surface area contributed by atoms with Crippen LogP contribution in [0.2, 0.25) is 0 Å². The first-order chi connectivity index (χ1) is 16.0. The Morgan fingerprint density at radius 2 is 1.76 bits per heavy atom. The highest BCUT2D eigenvalue weighted by Crippen LogP contribution is 2.41. The summed E-state index contributed by atoms with van der Waals surface area (Å²) in [4.78, 5) is 41.5. The van der Waals surface area contributed by atoms with Gasteiger partial charge in [-0.2, -0.15) is 0 Å².